The van der Waals surface area contributed by atoms with E-state index in [1.165, 1.54) is 0 Å². The van der Waals surface area contributed by atoms with Gasteiger partial charge in [-0.2, -0.15) is 12.6 Å². The van der Waals surface area contributed by atoms with Gasteiger partial charge in [0.05, 0.1) is 0 Å². The van der Waals surface area contributed by atoms with Crippen molar-refractivity contribution in [3.63, 3.8) is 0 Å². The third kappa shape index (κ3) is 8.17. The molecule has 0 radical (unpaired) electrons. The maximum absolute atomic E-state index is 11.4. The van der Waals surface area contributed by atoms with Crippen molar-refractivity contribution in [2.75, 3.05) is 19.0 Å². The minimum atomic E-state index is -2.34. The molecule has 0 aliphatic carbocycles. The molecule has 0 aromatic rings. The molecule has 62 valence electrons. The summed E-state index contributed by atoms with van der Waals surface area (Å²) in [6, 6.07) is 0. The Morgan fingerprint density at radius 1 is 1.30 bits per heavy atom. The molecule has 10 heavy (non-hydrogen) atoms. The van der Waals surface area contributed by atoms with Crippen LogP contribution in [0.5, 0.6) is 0 Å². The molecule has 0 spiro atoms. The number of unbranched alkanes of at least 4 members (excludes halogenated alkanes) is 1. The Balaban J connectivity index is 2.77. The van der Waals surface area contributed by atoms with E-state index in [-0.39, 0.29) is 0 Å². The molecule has 0 fully saturated rings. The van der Waals surface area contributed by atoms with Crippen LogP contribution in [-0.4, -0.2) is 25.4 Å². The fraction of sp³-hybridized carbons (Fsp3) is 1.00. The summed E-state index contributed by atoms with van der Waals surface area (Å²) >= 11 is 3.96. The molecule has 0 aliphatic heterocycles. The van der Waals surface area contributed by atoms with Gasteiger partial charge < -0.3 is 4.74 Å². The predicted molar refractivity (Wildman–Crippen MR) is 39.9 cm³/mol. The van der Waals surface area contributed by atoms with Gasteiger partial charge in [-0.25, -0.2) is 8.78 Å². The molecule has 0 amide bonds. The Morgan fingerprint density at radius 3 is 2.50 bits per heavy atom. The zero-order valence-electron chi connectivity index (χ0n) is 5.72. The average Bonchev–Trinajstić information content (AvgIpc) is 1.87. The van der Waals surface area contributed by atoms with Crippen molar-refractivity contribution in [1.29, 1.82) is 0 Å². The van der Waals surface area contributed by atoms with Crippen molar-refractivity contribution in [1.82, 2.24) is 0 Å². The van der Waals surface area contributed by atoms with E-state index in [4.69, 9.17) is 0 Å². The van der Waals surface area contributed by atoms with Gasteiger partial charge in [0.2, 0.25) is 0 Å². The first-order valence-electron chi connectivity index (χ1n) is 3.24. The first-order valence-corrected chi connectivity index (χ1v) is 3.87. The van der Waals surface area contributed by atoms with Crippen LogP contribution in [0.4, 0.5) is 8.78 Å². The molecular weight excluding hydrogens is 158 g/mol. The Labute approximate surface area is 65.2 Å². The van der Waals surface area contributed by atoms with Gasteiger partial charge in [-0.15, -0.1) is 0 Å². The van der Waals surface area contributed by atoms with Crippen molar-refractivity contribution in [2.24, 2.45) is 0 Å². The lowest BCUT2D eigenvalue weighted by molar-refractivity contribution is 0.0166. The molecule has 0 N–H and O–H groups in total. The van der Waals surface area contributed by atoms with E-state index in [9.17, 15) is 8.78 Å². The maximum Gasteiger partial charge on any atom is 0.261 e. The second kappa shape index (κ2) is 7.28. The summed E-state index contributed by atoms with van der Waals surface area (Å²) < 4.78 is 27.4. The fourth-order valence-electron chi connectivity index (χ4n) is 0.488. The summed E-state index contributed by atoms with van der Waals surface area (Å²) in [5.74, 6) is 0.790. The minimum Gasteiger partial charge on any atom is -0.376 e. The Bertz CT molecular complexity index is 70.8. The van der Waals surface area contributed by atoms with Crippen LogP contribution < -0.4 is 0 Å². The summed E-state index contributed by atoms with van der Waals surface area (Å²) in [7, 11) is 0. The largest absolute Gasteiger partial charge is 0.376 e. The van der Waals surface area contributed by atoms with E-state index in [2.05, 4.69) is 17.4 Å². The molecule has 4 heteroatoms. The molecule has 0 rings (SSSR count). The van der Waals surface area contributed by atoms with Crippen molar-refractivity contribution in [3.05, 3.63) is 0 Å². The molecule has 0 heterocycles. The Kier molecular flexibility index (Phi) is 7.40. The summed E-state index contributed by atoms with van der Waals surface area (Å²) in [6.07, 6.45) is -0.598. The zero-order chi connectivity index (χ0) is 7.82. The highest BCUT2D eigenvalue weighted by atomic mass is 32.1. The molecule has 0 saturated heterocycles. The highest BCUT2D eigenvalue weighted by molar-refractivity contribution is 7.80. The average molecular weight is 170 g/mol. The van der Waals surface area contributed by atoms with Gasteiger partial charge in [-0.3, -0.25) is 0 Å². The smallest absolute Gasteiger partial charge is 0.261 e. The zero-order valence-corrected chi connectivity index (χ0v) is 6.62. The van der Waals surface area contributed by atoms with Crippen LogP contribution in [0.1, 0.15) is 12.8 Å². The number of alkyl halides is 2. The van der Waals surface area contributed by atoms with Crippen molar-refractivity contribution in [2.45, 2.75) is 19.3 Å². The number of halogens is 2. The van der Waals surface area contributed by atoms with Crippen LogP contribution in [0.15, 0.2) is 0 Å². The number of hydrogen-bond acceptors (Lipinski definition) is 2. The van der Waals surface area contributed by atoms with Crippen LogP contribution in [-0.2, 0) is 4.74 Å². The summed E-state index contributed by atoms with van der Waals surface area (Å²) in [5, 5.41) is 0. The lowest BCUT2D eigenvalue weighted by Crippen LogP contribution is -2.05. The first kappa shape index (κ1) is 10.2. The van der Waals surface area contributed by atoms with Crippen LogP contribution in [0.2, 0.25) is 0 Å². The van der Waals surface area contributed by atoms with E-state index in [1.807, 2.05) is 0 Å². The highest BCUT2D eigenvalue weighted by Gasteiger charge is 1.99. The van der Waals surface area contributed by atoms with Gasteiger partial charge in [0.1, 0.15) is 6.61 Å². The van der Waals surface area contributed by atoms with Gasteiger partial charge in [-0.05, 0) is 18.6 Å². The number of thiol groups is 1. The molecule has 0 aliphatic rings. The van der Waals surface area contributed by atoms with Gasteiger partial charge in [0, 0.05) is 6.61 Å². The van der Waals surface area contributed by atoms with Crippen LogP contribution in [0, 0.1) is 0 Å². The van der Waals surface area contributed by atoms with E-state index in [1.54, 1.807) is 0 Å². The van der Waals surface area contributed by atoms with Crippen LogP contribution in [0.3, 0.4) is 0 Å². The number of ether oxygens (including phenoxy) is 1. The second-order valence-electron chi connectivity index (χ2n) is 1.90. The van der Waals surface area contributed by atoms with Crippen molar-refractivity contribution in [3.8, 4) is 0 Å². The van der Waals surface area contributed by atoms with Crippen LogP contribution >= 0.6 is 12.6 Å². The molecular formula is C6H12F2OS. The van der Waals surface area contributed by atoms with E-state index >= 15 is 0 Å². The van der Waals surface area contributed by atoms with Gasteiger partial charge >= 0.3 is 0 Å². The predicted octanol–water partition coefficient (Wildman–Crippen LogP) is 1.98. The SMILES string of the molecule is FC(F)COCCCCS. The molecule has 0 saturated carbocycles. The summed E-state index contributed by atoms with van der Waals surface area (Å²) in [4.78, 5) is 0. The maximum atomic E-state index is 11.4. The van der Waals surface area contributed by atoms with Crippen LogP contribution in [0.25, 0.3) is 0 Å². The Hall–Kier alpha value is 0.170. The topological polar surface area (TPSA) is 9.23 Å². The van der Waals surface area contributed by atoms with Gasteiger partial charge in [-0.1, -0.05) is 0 Å². The van der Waals surface area contributed by atoms with Crippen molar-refractivity contribution < 1.29 is 13.5 Å². The number of rotatable bonds is 6. The molecule has 0 unspecified atom stereocenters. The summed E-state index contributed by atoms with van der Waals surface area (Å²) in [6.45, 7) is -0.0164. The molecule has 0 bridgehead atoms. The highest BCUT2D eigenvalue weighted by Crippen LogP contribution is 1.96. The van der Waals surface area contributed by atoms with E-state index in [0.29, 0.717) is 6.61 Å². The lowest BCUT2D eigenvalue weighted by atomic mass is 10.4. The van der Waals surface area contributed by atoms with Gasteiger partial charge in [0.25, 0.3) is 6.43 Å². The molecule has 0 atom stereocenters. The lowest BCUT2D eigenvalue weighted by Gasteiger charge is -2.00. The molecule has 0 aromatic heterocycles. The van der Waals surface area contributed by atoms with E-state index in [0.717, 1.165) is 18.6 Å². The standard InChI is InChI=1S/C6H12F2OS/c7-6(8)5-9-3-1-2-4-10/h6,10H,1-5H2. The molecule has 1 nitrogen and oxygen atoms in total. The Morgan fingerprint density at radius 2 is 2.00 bits per heavy atom. The monoisotopic (exact) mass is 170 g/mol. The summed E-state index contributed by atoms with van der Waals surface area (Å²) in [5.41, 5.74) is 0. The number of hydrogen-bond donors (Lipinski definition) is 1. The third-order valence-corrected chi connectivity index (χ3v) is 1.26. The third-order valence-electron chi connectivity index (χ3n) is 0.941. The second-order valence-corrected chi connectivity index (χ2v) is 2.34. The normalized spacial score (nSPS) is 10.8. The minimum absolute atomic E-state index is 0.422. The first-order chi connectivity index (χ1) is 4.77. The fourth-order valence-corrected chi connectivity index (χ4v) is 0.712. The quantitative estimate of drug-likeness (QED) is 0.473. The van der Waals surface area contributed by atoms with E-state index < -0.39 is 13.0 Å². The molecule has 0 aromatic carbocycles. The van der Waals surface area contributed by atoms with Crippen molar-refractivity contribution >= 4 is 12.6 Å². The van der Waals surface area contributed by atoms with Gasteiger partial charge in [0.15, 0.2) is 0 Å².